The minimum atomic E-state index is -0.339. The van der Waals surface area contributed by atoms with E-state index in [2.05, 4.69) is 15.3 Å². The molecule has 7 heteroatoms. The Bertz CT molecular complexity index is 401. The van der Waals surface area contributed by atoms with E-state index in [0.717, 1.165) is 0 Å². The molecule has 1 saturated heterocycles. The van der Waals surface area contributed by atoms with Crippen molar-refractivity contribution >= 4 is 23.3 Å². The summed E-state index contributed by atoms with van der Waals surface area (Å²) in [7, 11) is 0. The van der Waals surface area contributed by atoms with Gasteiger partial charge in [-0.25, -0.2) is 9.97 Å². The molecule has 2 atom stereocenters. The summed E-state index contributed by atoms with van der Waals surface area (Å²) in [6.45, 7) is 0.744. The molecule has 1 aromatic rings. The smallest absolute Gasteiger partial charge is 0.232 e. The number of nitrogens with two attached hydrogens (primary N) is 1. The quantitative estimate of drug-likeness (QED) is 0.715. The fourth-order valence-corrected chi connectivity index (χ4v) is 1.61. The van der Waals surface area contributed by atoms with Gasteiger partial charge in [0.15, 0.2) is 0 Å². The van der Waals surface area contributed by atoms with E-state index in [1.807, 2.05) is 0 Å². The van der Waals surface area contributed by atoms with Crippen molar-refractivity contribution in [1.29, 1.82) is 0 Å². The number of hydrogen-bond donors (Lipinski definition) is 2. The fraction of sp³-hybridized carbons (Fsp3) is 0.444. The first kappa shape index (κ1) is 11.3. The zero-order valence-corrected chi connectivity index (χ0v) is 9.15. The van der Waals surface area contributed by atoms with Gasteiger partial charge in [0.25, 0.3) is 0 Å². The number of aromatic nitrogens is 2. The third-order valence-corrected chi connectivity index (χ3v) is 2.55. The van der Waals surface area contributed by atoms with E-state index < -0.39 is 0 Å². The molecule has 2 heterocycles. The summed E-state index contributed by atoms with van der Waals surface area (Å²) >= 11 is 5.66. The van der Waals surface area contributed by atoms with Gasteiger partial charge in [-0.3, -0.25) is 4.79 Å². The SMILES string of the molecule is NC1COCC1C(=O)Nc1cc(Cl)ncn1. The molecule has 0 aliphatic carbocycles. The Morgan fingerprint density at radius 3 is 3.00 bits per heavy atom. The lowest BCUT2D eigenvalue weighted by atomic mass is 10.0. The molecule has 0 radical (unpaired) electrons. The van der Waals surface area contributed by atoms with Gasteiger partial charge in [-0.2, -0.15) is 0 Å². The number of anilines is 1. The van der Waals surface area contributed by atoms with Gasteiger partial charge in [0.05, 0.1) is 19.1 Å². The van der Waals surface area contributed by atoms with Crippen LogP contribution in [0, 0.1) is 5.92 Å². The lowest BCUT2D eigenvalue weighted by molar-refractivity contribution is -0.120. The van der Waals surface area contributed by atoms with Crippen molar-refractivity contribution in [3.63, 3.8) is 0 Å². The fourth-order valence-electron chi connectivity index (χ4n) is 1.46. The zero-order chi connectivity index (χ0) is 11.5. The van der Waals surface area contributed by atoms with Crippen LogP contribution in [0.4, 0.5) is 5.82 Å². The second kappa shape index (κ2) is 4.73. The summed E-state index contributed by atoms with van der Waals surface area (Å²) in [4.78, 5) is 19.3. The van der Waals surface area contributed by atoms with Crippen LogP contribution in [0.1, 0.15) is 0 Å². The van der Waals surface area contributed by atoms with Crippen LogP contribution in [-0.2, 0) is 9.53 Å². The van der Waals surface area contributed by atoms with Gasteiger partial charge in [-0.05, 0) is 0 Å². The third-order valence-electron chi connectivity index (χ3n) is 2.35. The summed E-state index contributed by atoms with van der Waals surface area (Å²) in [6, 6.07) is 1.21. The van der Waals surface area contributed by atoms with Gasteiger partial charge in [-0.1, -0.05) is 11.6 Å². The van der Waals surface area contributed by atoms with Crippen LogP contribution < -0.4 is 11.1 Å². The van der Waals surface area contributed by atoms with Crippen LogP contribution in [-0.4, -0.2) is 35.1 Å². The molecule has 0 bridgehead atoms. The highest BCUT2D eigenvalue weighted by Gasteiger charge is 2.31. The van der Waals surface area contributed by atoms with E-state index >= 15 is 0 Å². The van der Waals surface area contributed by atoms with Gasteiger partial charge in [0, 0.05) is 12.1 Å². The van der Waals surface area contributed by atoms with Crippen molar-refractivity contribution in [3.8, 4) is 0 Å². The molecule has 1 fully saturated rings. The van der Waals surface area contributed by atoms with Crippen LogP contribution in [0.5, 0.6) is 0 Å². The van der Waals surface area contributed by atoms with E-state index in [4.69, 9.17) is 22.1 Å². The number of carbonyl (C=O) groups excluding carboxylic acids is 1. The number of hydrogen-bond acceptors (Lipinski definition) is 5. The normalized spacial score (nSPS) is 24.4. The Morgan fingerprint density at radius 2 is 2.38 bits per heavy atom. The molecule has 0 aromatic carbocycles. The molecule has 1 aliphatic heterocycles. The number of halogens is 1. The molecule has 16 heavy (non-hydrogen) atoms. The Balaban J connectivity index is 2.02. The van der Waals surface area contributed by atoms with Gasteiger partial charge in [-0.15, -0.1) is 0 Å². The molecule has 3 N–H and O–H groups in total. The monoisotopic (exact) mass is 242 g/mol. The average molecular weight is 243 g/mol. The lowest BCUT2D eigenvalue weighted by Gasteiger charge is -2.12. The standard InChI is InChI=1S/C9H11ClN4O2/c10-7-1-8(13-4-12-7)14-9(15)5-2-16-3-6(5)11/h1,4-6H,2-3,11H2,(H,12,13,14,15). The molecular weight excluding hydrogens is 232 g/mol. The molecule has 2 rings (SSSR count). The van der Waals surface area contributed by atoms with Gasteiger partial charge in [0.2, 0.25) is 5.91 Å². The predicted octanol–water partition coefficient (Wildman–Crippen LogP) is 0.0422. The largest absolute Gasteiger partial charge is 0.379 e. The van der Waals surface area contributed by atoms with Crippen molar-refractivity contribution < 1.29 is 9.53 Å². The molecule has 2 unspecified atom stereocenters. The first-order valence-electron chi connectivity index (χ1n) is 4.78. The molecule has 0 spiro atoms. The van der Waals surface area contributed by atoms with Crippen LogP contribution in [0.2, 0.25) is 5.15 Å². The van der Waals surface area contributed by atoms with Crippen molar-refractivity contribution in [2.45, 2.75) is 6.04 Å². The van der Waals surface area contributed by atoms with Crippen molar-refractivity contribution in [3.05, 3.63) is 17.5 Å². The summed E-state index contributed by atoms with van der Waals surface area (Å²) in [5.41, 5.74) is 5.72. The van der Waals surface area contributed by atoms with Crippen molar-refractivity contribution in [2.24, 2.45) is 11.7 Å². The first-order valence-corrected chi connectivity index (χ1v) is 5.16. The maximum Gasteiger partial charge on any atom is 0.232 e. The third kappa shape index (κ3) is 2.46. The number of amides is 1. The number of nitrogens with zero attached hydrogens (tertiary/aromatic N) is 2. The second-order valence-electron chi connectivity index (χ2n) is 3.52. The first-order chi connectivity index (χ1) is 7.66. The van der Waals surface area contributed by atoms with Gasteiger partial charge in [0.1, 0.15) is 17.3 Å². The van der Waals surface area contributed by atoms with E-state index in [0.29, 0.717) is 19.0 Å². The van der Waals surface area contributed by atoms with Gasteiger partial charge >= 0.3 is 0 Å². The molecule has 1 aliphatic rings. The Morgan fingerprint density at radius 1 is 1.56 bits per heavy atom. The van der Waals surface area contributed by atoms with E-state index in [9.17, 15) is 4.79 Å². The Labute approximate surface area is 97.2 Å². The highest BCUT2D eigenvalue weighted by molar-refractivity contribution is 6.29. The lowest BCUT2D eigenvalue weighted by Crippen LogP contribution is -2.37. The molecule has 86 valence electrons. The minimum Gasteiger partial charge on any atom is -0.379 e. The topological polar surface area (TPSA) is 90.1 Å². The van der Waals surface area contributed by atoms with E-state index in [1.165, 1.54) is 12.4 Å². The van der Waals surface area contributed by atoms with Crippen molar-refractivity contribution in [1.82, 2.24) is 9.97 Å². The molecule has 6 nitrogen and oxygen atoms in total. The molecule has 0 saturated carbocycles. The van der Waals surface area contributed by atoms with Crippen molar-refractivity contribution in [2.75, 3.05) is 18.5 Å². The zero-order valence-electron chi connectivity index (χ0n) is 8.39. The Hall–Kier alpha value is -1.24. The number of nitrogens with one attached hydrogen (secondary N) is 1. The highest BCUT2D eigenvalue weighted by Crippen LogP contribution is 2.15. The predicted molar refractivity (Wildman–Crippen MR) is 58.0 cm³/mol. The number of carbonyl (C=O) groups is 1. The second-order valence-corrected chi connectivity index (χ2v) is 3.91. The molecule has 1 aromatic heterocycles. The van der Waals surface area contributed by atoms with Crippen LogP contribution in [0.25, 0.3) is 0 Å². The average Bonchev–Trinajstić information content (AvgIpc) is 2.64. The summed E-state index contributed by atoms with van der Waals surface area (Å²) in [6.07, 6.45) is 1.28. The van der Waals surface area contributed by atoms with Crippen LogP contribution in [0.3, 0.4) is 0 Å². The molecular formula is C9H11ClN4O2. The molecule has 1 amide bonds. The summed E-state index contributed by atoms with van der Waals surface area (Å²) in [5, 5.41) is 2.90. The number of ether oxygens (including phenoxy) is 1. The van der Waals surface area contributed by atoms with E-state index in [1.54, 1.807) is 0 Å². The minimum absolute atomic E-state index is 0.209. The van der Waals surface area contributed by atoms with E-state index in [-0.39, 0.29) is 23.0 Å². The van der Waals surface area contributed by atoms with Crippen LogP contribution in [0.15, 0.2) is 12.4 Å². The Kier molecular flexibility index (Phi) is 3.33. The number of rotatable bonds is 2. The summed E-state index contributed by atoms with van der Waals surface area (Å²) in [5.74, 6) is -0.183. The highest BCUT2D eigenvalue weighted by atomic mass is 35.5. The van der Waals surface area contributed by atoms with Gasteiger partial charge < -0.3 is 15.8 Å². The maximum atomic E-state index is 11.8. The maximum absolute atomic E-state index is 11.8. The van der Waals surface area contributed by atoms with Crippen LogP contribution >= 0.6 is 11.6 Å². The summed E-state index contributed by atoms with van der Waals surface area (Å²) < 4.78 is 5.11.